The molecule has 0 aliphatic heterocycles. The fourth-order valence-corrected chi connectivity index (χ4v) is 1.74. The van der Waals surface area contributed by atoms with Crippen LogP contribution in [-0.4, -0.2) is 7.05 Å². The Morgan fingerprint density at radius 2 is 1.89 bits per heavy atom. The highest BCUT2D eigenvalue weighted by Crippen LogP contribution is 2.29. The summed E-state index contributed by atoms with van der Waals surface area (Å²) in [4.78, 5) is 0. The molecule has 0 amide bonds. The van der Waals surface area contributed by atoms with Gasteiger partial charge in [0, 0.05) is 17.1 Å². The summed E-state index contributed by atoms with van der Waals surface area (Å²) in [6.45, 7) is 0.542. The first kappa shape index (κ1) is 12.9. The summed E-state index contributed by atoms with van der Waals surface area (Å²) in [7, 11) is 1.80. The number of hydrogen-bond acceptors (Lipinski definition) is 2. The molecule has 0 fully saturated rings. The van der Waals surface area contributed by atoms with Crippen molar-refractivity contribution in [3.05, 3.63) is 58.9 Å². The van der Waals surface area contributed by atoms with Crippen LogP contribution in [-0.2, 0) is 6.54 Å². The van der Waals surface area contributed by atoms with Gasteiger partial charge in [-0.3, -0.25) is 0 Å². The van der Waals surface area contributed by atoms with Gasteiger partial charge in [0.2, 0.25) is 0 Å². The van der Waals surface area contributed by atoms with Crippen molar-refractivity contribution in [3.8, 4) is 11.5 Å². The largest absolute Gasteiger partial charge is 0.454 e. The second-order valence-corrected chi connectivity index (χ2v) is 4.25. The highest BCUT2D eigenvalue weighted by atomic mass is 35.5. The summed E-state index contributed by atoms with van der Waals surface area (Å²) in [6, 6.07) is 11.7. The van der Waals surface area contributed by atoms with E-state index in [1.54, 1.807) is 37.4 Å². The molecule has 0 unspecified atom stereocenters. The van der Waals surface area contributed by atoms with Crippen LogP contribution in [0.2, 0.25) is 5.02 Å². The lowest BCUT2D eigenvalue weighted by atomic mass is 10.2. The van der Waals surface area contributed by atoms with Crippen molar-refractivity contribution in [2.24, 2.45) is 0 Å². The molecule has 0 aromatic heterocycles. The van der Waals surface area contributed by atoms with Gasteiger partial charge in [-0.05, 0) is 37.4 Å². The molecule has 0 spiro atoms. The lowest BCUT2D eigenvalue weighted by molar-refractivity contribution is 0.434. The zero-order valence-electron chi connectivity index (χ0n) is 9.91. The molecule has 0 saturated carbocycles. The van der Waals surface area contributed by atoms with E-state index < -0.39 is 0 Å². The van der Waals surface area contributed by atoms with E-state index in [-0.39, 0.29) is 11.6 Å². The molecule has 2 rings (SSSR count). The van der Waals surface area contributed by atoms with Crippen LogP contribution in [0.3, 0.4) is 0 Å². The van der Waals surface area contributed by atoms with Crippen molar-refractivity contribution < 1.29 is 9.13 Å². The molecule has 0 heterocycles. The van der Waals surface area contributed by atoms with E-state index in [9.17, 15) is 4.39 Å². The van der Waals surface area contributed by atoms with Crippen LogP contribution in [0.15, 0.2) is 42.5 Å². The van der Waals surface area contributed by atoms with Crippen LogP contribution in [0.4, 0.5) is 4.39 Å². The van der Waals surface area contributed by atoms with Gasteiger partial charge < -0.3 is 10.1 Å². The van der Waals surface area contributed by atoms with E-state index in [2.05, 4.69) is 5.32 Å². The third kappa shape index (κ3) is 3.00. The van der Waals surface area contributed by atoms with Crippen LogP contribution in [0.25, 0.3) is 0 Å². The Bertz CT molecular complexity index is 528. The Kier molecular flexibility index (Phi) is 4.18. The van der Waals surface area contributed by atoms with Gasteiger partial charge in [-0.1, -0.05) is 23.7 Å². The van der Waals surface area contributed by atoms with Crippen molar-refractivity contribution in [2.45, 2.75) is 6.54 Å². The second-order valence-electron chi connectivity index (χ2n) is 3.81. The molecule has 18 heavy (non-hydrogen) atoms. The fourth-order valence-electron chi connectivity index (χ4n) is 1.62. The van der Waals surface area contributed by atoms with E-state index in [1.807, 2.05) is 6.07 Å². The zero-order valence-corrected chi connectivity index (χ0v) is 10.7. The Hall–Kier alpha value is -1.58. The van der Waals surface area contributed by atoms with Crippen molar-refractivity contribution in [1.29, 1.82) is 0 Å². The predicted molar refractivity (Wildman–Crippen MR) is 70.7 cm³/mol. The van der Waals surface area contributed by atoms with E-state index >= 15 is 0 Å². The second kappa shape index (κ2) is 5.85. The van der Waals surface area contributed by atoms with Gasteiger partial charge >= 0.3 is 0 Å². The van der Waals surface area contributed by atoms with E-state index in [0.29, 0.717) is 17.3 Å². The third-order valence-corrected chi connectivity index (χ3v) is 2.70. The summed E-state index contributed by atoms with van der Waals surface area (Å²) >= 11 is 5.79. The summed E-state index contributed by atoms with van der Waals surface area (Å²) in [5, 5.41) is 3.60. The number of halogens is 2. The Balaban J connectivity index is 2.30. The first-order chi connectivity index (χ1) is 8.70. The Morgan fingerprint density at radius 3 is 2.56 bits per heavy atom. The highest BCUT2D eigenvalue weighted by Gasteiger charge is 2.10. The number of benzene rings is 2. The van der Waals surface area contributed by atoms with Crippen molar-refractivity contribution >= 4 is 11.6 Å². The average molecular weight is 266 g/mol. The Labute approximate surface area is 110 Å². The molecule has 4 heteroatoms. The van der Waals surface area contributed by atoms with Gasteiger partial charge in [0.05, 0.1) is 0 Å². The topological polar surface area (TPSA) is 21.3 Å². The average Bonchev–Trinajstić information content (AvgIpc) is 2.36. The quantitative estimate of drug-likeness (QED) is 0.902. The minimum absolute atomic E-state index is 0.245. The maximum atomic E-state index is 13.8. The maximum Gasteiger partial charge on any atom is 0.167 e. The normalized spacial score (nSPS) is 10.4. The first-order valence-corrected chi connectivity index (χ1v) is 5.94. The van der Waals surface area contributed by atoms with Crippen LogP contribution in [0.5, 0.6) is 11.5 Å². The van der Waals surface area contributed by atoms with Gasteiger partial charge in [-0.2, -0.15) is 0 Å². The smallest absolute Gasteiger partial charge is 0.167 e. The Morgan fingerprint density at radius 1 is 1.17 bits per heavy atom. The molecule has 0 aliphatic rings. The van der Waals surface area contributed by atoms with Gasteiger partial charge in [-0.15, -0.1) is 0 Å². The van der Waals surface area contributed by atoms with Gasteiger partial charge in [0.15, 0.2) is 11.6 Å². The van der Waals surface area contributed by atoms with E-state index in [4.69, 9.17) is 16.3 Å². The molecule has 2 nitrogen and oxygen atoms in total. The molecular weight excluding hydrogens is 253 g/mol. The van der Waals surface area contributed by atoms with Crippen LogP contribution < -0.4 is 10.1 Å². The van der Waals surface area contributed by atoms with Crippen LogP contribution in [0.1, 0.15) is 5.56 Å². The zero-order chi connectivity index (χ0) is 13.0. The molecule has 0 radical (unpaired) electrons. The molecule has 94 valence electrons. The minimum atomic E-state index is -0.377. The number of ether oxygens (including phenoxy) is 1. The van der Waals surface area contributed by atoms with Gasteiger partial charge in [0.1, 0.15) is 5.75 Å². The van der Waals surface area contributed by atoms with Crippen molar-refractivity contribution in [3.63, 3.8) is 0 Å². The highest BCUT2D eigenvalue weighted by molar-refractivity contribution is 6.30. The molecule has 1 N–H and O–H groups in total. The molecule has 0 bridgehead atoms. The van der Waals surface area contributed by atoms with E-state index in [0.717, 1.165) is 5.56 Å². The summed E-state index contributed by atoms with van der Waals surface area (Å²) in [5.41, 5.74) is 0.771. The summed E-state index contributed by atoms with van der Waals surface area (Å²) in [6.07, 6.45) is 0. The number of para-hydroxylation sites is 1. The van der Waals surface area contributed by atoms with Gasteiger partial charge in [0.25, 0.3) is 0 Å². The third-order valence-electron chi connectivity index (χ3n) is 2.45. The molecule has 0 atom stereocenters. The standard InChI is InChI=1S/C14H13ClFNO/c1-17-9-10-3-2-4-13(16)14(10)18-12-7-5-11(15)6-8-12/h2-8,17H,9H2,1H3. The molecular formula is C14H13ClFNO. The minimum Gasteiger partial charge on any atom is -0.454 e. The molecule has 2 aromatic carbocycles. The predicted octanol–water partition coefficient (Wildman–Crippen LogP) is 3.99. The number of hydrogen-bond donors (Lipinski definition) is 1. The lowest BCUT2D eigenvalue weighted by Crippen LogP contribution is -2.07. The SMILES string of the molecule is CNCc1cccc(F)c1Oc1ccc(Cl)cc1. The number of nitrogens with one attached hydrogen (secondary N) is 1. The summed E-state index contributed by atoms with van der Waals surface area (Å²) in [5.74, 6) is 0.425. The first-order valence-electron chi connectivity index (χ1n) is 5.56. The molecule has 0 saturated heterocycles. The molecule has 2 aromatic rings. The van der Waals surface area contributed by atoms with Crippen molar-refractivity contribution in [2.75, 3.05) is 7.05 Å². The lowest BCUT2D eigenvalue weighted by Gasteiger charge is -2.11. The van der Waals surface area contributed by atoms with E-state index in [1.165, 1.54) is 6.07 Å². The van der Waals surface area contributed by atoms with Crippen LogP contribution >= 0.6 is 11.6 Å². The number of rotatable bonds is 4. The maximum absolute atomic E-state index is 13.8. The monoisotopic (exact) mass is 265 g/mol. The fraction of sp³-hybridized carbons (Fsp3) is 0.143. The van der Waals surface area contributed by atoms with Crippen molar-refractivity contribution in [1.82, 2.24) is 5.32 Å². The summed E-state index contributed by atoms with van der Waals surface area (Å²) < 4.78 is 19.3. The molecule has 0 aliphatic carbocycles. The van der Waals surface area contributed by atoms with Gasteiger partial charge in [-0.25, -0.2) is 4.39 Å². The van der Waals surface area contributed by atoms with Crippen LogP contribution in [0, 0.1) is 5.82 Å².